The van der Waals surface area contributed by atoms with Crippen LogP contribution in [0.15, 0.2) is 17.1 Å². The molecule has 0 atom stereocenters. The first-order chi connectivity index (χ1) is 7.56. The Morgan fingerprint density at radius 3 is 2.81 bits per heavy atom. The van der Waals surface area contributed by atoms with Crippen molar-refractivity contribution in [1.29, 1.82) is 0 Å². The second kappa shape index (κ2) is 4.09. The summed E-state index contributed by atoms with van der Waals surface area (Å²) in [5.41, 5.74) is 6.26. The van der Waals surface area contributed by atoms with E-state index in [2.05, 4.69) is 10.3 Å². The van der Waals surface area contributed by atoms with E-state index in [4.69, 9.17) is 5.73 Å². The van der Waals surface area contributed by atoms with Gasteiger partial charge in [-0.15, -0.1) is 0 Å². The third kappa shape index (κ3) is 2.14. The van der Waals surface area contributed by atoms with E-state index in [1.54, 1.807) is 6.92 Å². The lowest BCUT2D eigenvalue weighted by molar-refractivity contribution is 0.0909. The summed E-state index contributed by atoms with van der Waals surface area (Å²) < 4.78 is 0. The molecule has 5 heteroatoms. The number of amides is 1. The molecule has 0 unspecified atom stereocenters. The fraction of sp³-hybridized carbons (Fsp3) is 0.455. The number of hydrogen-bond acceptors (Lipinski definition) is 3. The molecule has 86 valence electrons. The van der Waals surface area contributed by atoms with Crippen LogP contribution in [0, 0.1) is 6.92 Å². The molecule has 5 nitrogen and oxygen atoms in total. The van der Waals surface area contributed by atoms with Gasteiger partial charge < -0.3 is 16.0 Å². The van der Waals surface area contributed by atoms with E-state index < -0.39 is 0 Å². The SMILES string of the molecule is Cc1cc(=O)c(C(=O)NC2CC(N)C2)c[nH]1. The standard InChI is InChI=1S/C11H15N3O2/c1-6-2-10(15)9(5-13-6)11(16)14-8-3-7(12)4-8/h2,5,7-8H,3-4,12H2,1H3,(H,13,15)(H,14,16). The molecule has 0 radical (unpaired) electrons. The van der Waals surface area contributed by atoms with Gasteiger partial charge in [0.2, 0.25) is 0 Å². The Bertz CT molecular complexity index is 461. The van der Waals surface area contributed by atoms with Gasteiger partial charge in [0.1, 0.15) is 5.56 Å². The van der Waals surface area contributed by atoms with Gasteiger partial charge >= 0.3 is 0 Å². The highest BCUT2D eigenvalue weighted by Crippen LogP contribution is 2.17. The lowest BCUT2D eigenvalue weighted by atomic mass is 9.87. The Labute approximate surface area is 93.0 Å². The average Bonchev–Trinajstić information content (AvgIpc) is 2.15. The lowest BCUT2D eigenvalue weighted by Crippen LogP contribution is -2.50. The molecule has 1 heterocycles. The van der Waals surface area contributed by atoms with Gasteiger partial charge in [-0.25, -0.2) is 0 Å². The van der Waals surface area contributed by atoms with Crippen molar-refractivity contribution in [3.63, 3.8) is 0 Å². The van der Waals surface area contributed by atoms with Crippen LogP contribution in [0.25, 0.3) is 0 Å². The van der Waals surface area contributed by atoms with Gasteiger partial charge in [0.05, 0.1) is 0 Å². The Hall–Kier alpha value is -1.62. The number of nitrogens with one attached hydrogen (secondary N) is 2. The first-order valence-electron chi connectivity index (χ1n) is 5.32. The van der Waals surface area contributed by atoms with Crippen molar-refractivity contribution in [1.82, 2.24) is 10.3 Å². The summed E-state index contributed by atoms with van der Waals surface area (Å²) in [6.07, 6.45) is 3.02. The molecule has 1 saturated carbocycles. The van der Waals surface area contributed by atoms with Crippen LogP contribution in [0.5, 0.6) is 0 Å². The Balaban J connectivity index is 2.06. The molecule has 4 N–H and O–H groups in total. The maximum absolute atomic E-state index is 11.7. The number of aromatic amines is 1. The fourth-order valence-electron chi connectivity index (χ4n) is 1.79. The van der Waals surface area contributed by atoms with Gasteiger partial charge in [0.15, 0.2) is 5.43 Å². The van der Waals surface area contributed by atoms with Crippen LogP contribution in [0.4, 0.5) is 0 Å². The van der Waals surface area contributed by atoms with Crippen molar-refractivity contribution in [2.24, 2.45) is 5.73 Å². The molecule has 0 aliphatic heterocycles. The van der Waals surface area contributed by atoms with Gasteiger partial charge in [-0.1, -0.05) is 0 Å². The number of hydrogen-bond donors (Lipinski definition) is 3. The molecule has 1 aliphatic carbocycles. The molecule has 16 heavy (non-hydrogen) atoms. The van der Waals surface area contributed by atoms with Gasteiger partial charge in [0, 0.05) is 30.0 Å². The summed E-state index contributed by atoms with van der Waals surface area (Å²) in [7, 11) is 0. The largest absolute Gasteiger partial charge is 0.364 e. The van der Waals surface area contributed by atoms with Gasteiger partial charge in [0.25, 0.3) is 5.91 Å². The zero-order chi connectivity index (χ0) is 11.7. The average molecular weight is 221 g/mol. The maximum Gasteiger partial charge on any atom is 0.256 e. The van der Waals surface area contributed by atoms with E-state index >= 15 is 0 Å². The van der Waals surface area contributed by atoms with Gasteiger partial charge in [-0.3, -0.25) is 9.59 Å². The van der Waals surface area contributed by atoms with Crippen molar-refractivity contribution in [3.05, 3.63) is 33.7 Å². The molecule has 1 aromatic rings. The minimum atomic E-state index is -0.321. The van der Waals surface area contributed by atoms with Crippen LogP contribution in [0.1, 0.15) is 28.9 Å². The molecular formula is C11H15N3O2. The summed E-state index contributed by atoms with van der Waals surface area (Å²) in [6, 6.07) is 1.71. The van der Waals surface area contributed by atoms with Gasteiger partial charge in [-0.05, 0) is 19.8 Å². The quantitative estimate of drug-likeness (QED) is 0.651. The minimum Gasteiger partial charge on any atom is -0.364 e. The van der Waals surface area contributed by atoms with Crippen molar-refractivity contribution < 1.29 is 4.79 Å². The molecule has 1 amide bonds. The van der Waals surface area contributed by atoms with Crippen molar-refractivity contribution >= 4 is 5.91 Å². The summed E-state index contributed by atoms with van der Waals surface area (Å²) in [5.74, 6) is -0.321. The summed E-state index contributed by atoms with van der Waals surface area (Å²) in [5, 5.41) is 2.78. The molecule has 1 aliphatic rings. The minimum absolute atomic E-state index is 0.114. The van der Waals surface area contributed by atoms with E-state index in [-0.39, 0.29) is 29.0 Å². The van der Waals surface area contributed by atoms with E-state index in [0.29, 0.717) is 0 Å². The topological polar surface area (TPSA) is 88.0 Å². The second-order valence-corrected chi connectivity index (χ2v) is 4.30. The summed E-state index contributed by atoms with van der Waals surface area (Å²) in [4.78, 5) is 26.1. The smallest absolute Gasteiger partial charge is 0.256 e. The molecular weight excluding hydrogens is 206 g/mol. The van der Waals surface area contributed by atoms with Crippen molar-refractivity contribution in [2.45, 2.75) is 31.8 Å². The number of aromatic nitrogens is 1. The predicted molar refractivity (Wildman–Crippen MR) is 60.3 cm³/mol. The number of pyridine rings is 1. The van der Waals surface area contributed by atoms with Crippen LogP contribution in [-0.4, -0.2) is 23.0 Å². The summed E-state index contributed by atoms with van der Waals surface area (Å²) in [6.45, 7) is 1.77. The Morgan fingerprint density at radius 1 is 1.56 bits per heavy atom. The third-order valence-corrected chi connectivity index (χ3v) is 2.81. The fourth-order valence-corrected chi connectivity index (χ4v) is 1.79. The number of nitrogens with two attached hydrogens (primary N) is 1. The molecule has 0 spiro atoms. The zero-order valence-corrected chi connectivity index (χ0v) is 9.12. The van der Waals surface area contributed by atoms with Crippen LogP contribution in [-0.2, 0) is 0 Å². The van der Waals surface area contributed by atoms with Crippen LogP contribution >= 0.6 is 0 Å². The number of H-pyrrole nitrogens is 1. The first-order valence-corrected chi connectivity index (χ1v) is 5.32. The van der Waals surface area contributed by atoms with Crippen molar-refractivity contribution in [2.75, 3.05) is 0 Å². The molecule has 0 bridgehead atoms. The van der Waals surface area contributed by atoms with Gasteiger partial charge in [-0.2, -0.15) is 0 Å². The van der Waals surface area contributed by atoms with Crippen LogP contribution in [0.2, 0.25) is 0 Å². The maximum atomic E-state index is 11.7. The first kappa shape index (κ1) is 10.9. The number of aryl methyl sites for hydroxylation is 1. The Morgan fingerprint density at radius 2 is 2.25 bits per heavy atom. The second-order valence-electron chi connectivity index (χ2n) is 4.30. The number of rotatable bonds is 2. The zero-order valence-electron chi connectivity index (χ0n) is 9.12. The predicted octanol–water partition coefficient (Wildman–Crippen LogP) is -0.0972. The Kier molecular flexibility index (Phi) is 2.78. The van der Waals surface area contributed by atoms with E-state index in [9.17, 15) is 9.59 Å². The number of carbonyl (C=O) groups is 1. The highest BCUT2D eigenvalue weighted by atomic mass is 16.2. The number of carbonyl (C=O) groups excluding carboxylic acids is 1. The van der Waals surface area contributed by atoms with Crippen molar-refractivity contribution in [3.8, 4) is 0 Å². The summed E-state index contributed by atoms with van der Waals surface area (Å²) >= 11 is 0. The monoisotopic (exact) mass is 221 g/mol. The third-order valence-electron chi connectivity index (χ3n) is 2.81. The molecule has 0 aromatic carbocycles. The lowest BCUT2D eigenvalue weighted by Gasteiger charge is -2.32. The van der Waals surface area contributed by atoms with Crippen LogP contribution in [0.3, 0.4) is 0 Å². The highest BCUT2D eigenvalue weighted by Gasteiger charge is 2.27. The normalized spacial score (nSPS) is 23.6. The van der Waals surface area contributed by atoms with E-state index in [1.807, 2.05) is 0 Å². The molecule has 0 saturated heterocycles. The molecule has 2 rings (SSSR count). The van der Waals surface area contributed by atoms with Crippen LogP contribution < -0.4 is 16.5 Å². The molecule has 1 aromatic heterocycles. The van der Waals surface area contributed by atoms with E-state index in [0.717, 1.165) is 18.5 Å². The highest BCUT2D eigenvalue weighted by molar-refractivity contribution is 5.94. The van der Waals surface area contributed by atoms with E-state index in [1.165, 1.54) is 12.3 Å². The molecule has 1 fully saturated rings.